The van der Waals surface area contributed by atoms with Gasteiger partial charge in [-0.3, -0.25) is 4.79 Å². The summed E-state index contributed by atoms with van der Waals surface area (Å²) in [5.74, 6) is -0.0432. The summed E-state index contributed by atoms with van der Waals surface area (Å²) < 4.78 is 0. The van der Waals surface area contributed by atoms with Gasteiger partial charge in [-0.25, -0.2) is 0 Å². The molecule has 0 atom stereocenters. The second-order valence-electron chi connectivity index (χ2n) is 4.71. The Kier molecular flexibility index (Phi) is 4.70. The summed E-state index contributed by atoms with van der Waals surface area (Å²) >= 11 is 0. The fourth-order valence-corrected chi connectivity index (χ4v) is 2.08. The molecule has 106 valence electrons. The number of nitrogens with one attached hydrogen (secondary N) is 1. The van der Waals surface area contributed by atoms with Crippen LogP contribution < -0.4 is 5.32 Å². The molecular formula is C17H16N2O2. The first kappa shape index (κ1) is 14.8. The van der Waals surface area contributed by atoms with Crippen molar-refractivity contribution in [2.24, 2.45) is 0 Å². The van der Waals surface area contributed by atoms with Gasteiger partial charge in [-0.15, -0.1) is 0 Å². The van der Waals surface area contributed by atoms with Crippen LogP contribution >= 0.6 is 0 Å². The number of hydrogen-bond donors (Lipinski definition) is 2. The molecule has 0 fully saturated rings. The van der Waals surface area contributed by atoms with Crippen molar-refractivity contribution in [3.63, 3.8) is 0 Å². The third kappa shape index (κ3) is 3.47. The number of anilines is 1. The van der Waals surface area contributed by atoms with Crippen LogP contribution in [0.3, 0.4) is 0 Å². The summed E-state index contributed by atoms with van der Waals surface area (Å²) in [5.41, 5.74) is 3.47. The molecule has 2 N–H and O–H groups in total. The normalized spacial score (nSPS) is 9.95. The van der Waals surface area contributed by atoms with E-state index in [1.807, 2.05) is 24.3 Å². The minimum atomic E-state index is -0.0432. The molecule has 0 aliphatic heterocycles. The zero-order chi connectivity index (χ0) is 15.2. The molecular weight excluding hydrogens is 264 g/mol. The molecule has 0 spiro atoms. The maximum atomic E-state index is 11.4. The van der Waals surface area contributed by atoms with Gasteiger partial charge in [0.1, 0.15) is 6.07 Å². The first-order valence-electron chi connectivity index (χ1n) is 6.62. The van der Waals surface area contributed by atoms with Crippen LogP contribution in [0, 0.1) is 11.3 Å². The number of hydrogen-bond acceptors (Lipinski definition) is 4. The summed E-state index contributed by atoms with van der Waals surface area (Å²) in [4.78, 5) is 11.4. The number of rotatable bonds is 5. The van der Waals surface area contributed by atoms with Gasteiger partial charge >= 0.3 is 0 Å². The number of nitriles is 1. The van der Waals surface area contributed by atoms with Gasteiger partial charge in [0.2, 0.25) is 0 Å². The molecule has 0 amide bonds. The summed E-state index contributed by atoms with van der Waals surface area (Å²) in [5, 5.41) is 21.6. The van der Waals surface area contributed by atoms with E-state index in [4.69, 9.17) is 5.26 Å². The number of carbonyl (C=O) groups is 1. The van der Waals surface area contributed by atoms with Crippen molar-refractivity contribution in [3.8, 4) is 6.07 Å². The average molecular weight is 280 g/mol. The van der Waals surface area contributed by atoms with Crippen molar-refractivity contribution >= 4 is 11.5 Å². The quantitative estimate of drug-likeness (QED) is 0.826. The molecule has 0 saturated heterocycles. The number of Topliss-reactive ketones (excluding diaryl/α,β-unsaturated/α-hetero) is 1. The standard InChI is InChI=1S/C17H16N2O2/c1-12(21)13-6-7-14(9-18)17(8-13)19-10-15-4-2-3-5-16(15)11-20/h2-8,19-20H,10-11H2,1H3. The van der Waals surface area contributed by atoms with Crippen molar-refractivity contribution in [1.82, 2.24) is 0 Å². The molecule has 21 heavy (non-hydrogen) atoms. The van der Waals surface area contributed by atoms with E-state index in [1.54, 1.807) is 18.2 Å². The molecule has 0 bridgehead atoms. The Morgan fingerprint density at radius 1 is 1.24 bits per heavy atom. The smallest absolute Gasteiger partial charge is 0.159 e. The van der Waals surface area contributed by atoms with Crippen LogP contribution in [0.1, 0.15) is 34.0 Å². The van der Waals surface area contributed by atoms with Crippen LogP contribution in [0.2, 0.25) is 0 Å². The molecule has 0 aromatic heterocycles. The largest absolute Gasteiger partial charge is 0.392 e. The fourth-order valence-electron chi connectivity index (χ4n) is 2.08. The molecule has 0 aliphatic rings. The van der Waals surface area contributed by atoms with Crippen molar-refractivity contribution in [1.29, 1.82) is 5.26 Å². The van der Waals surface area contributed by atoms with Gasteiger partial charge in [0.25, 0.3) is 0 Å². The predicted molar refractivity (Wildman–Crippen MR) is 80.9 cm³/mol. The van der Waals surface area contributed by atoms with E-state index in [-0.39, 0.29) is 12.4 Å². The predicted octanol–water partition coefficient (Wildman–Crippen LogP) is 2.87. The van der Waals surface area contributed by atoms with E-state index in [0.717, 1.165) is 11.1 Å². The Hall–Kier alpha value is -2.64. The third-order valence-corrected chi connectivity index (χ3v) is 3.30. The van der Waals surface area contributed by atoms with Crippen LogP contribution in [0.5, 0.6) is 0 Å². The molecule has 4 heteroatoms. The van der Waals surface area contributed by atoms with Crippen molar-refractivity contribution in [2.45, 2.75) is 20.1 Å². The van der Waals surface area contributed by atoms with Crippen LogP contribution in [0.25, 0.3) is 0 Å². The van der Waals surface area contributed by atoms with Crippen molar-refractivity contribution in [3.05, 3.63) is 64.7 Å². The summed E-state index contributed by atoms with van der Waals surface area (Å²) in [7, 11) is 0. The number of benzene rings is 2. The van der Waals surface area contributed by atoms with Gasteiger partial charge in [0.15, 0.2) is 5.78 Å². The van der Waals surface area contributed by atoms with Gasteiger partial charge in [0.05, 0.1) is 17.9 Å². The Morgan fingerprint density at radius 3 is 2.57 bits per heavy atom. The minimum absolute atomic E-state index is 0.0313. The highest BCUT2D eigenvalue weighted by molar-refractivity contribution is 5.95. The van der Waals surface area contributed by atoms with Crippen LogP contribution in [-0.4, -0.2) is 10.9 Å². The SMILES string of the molecule is CC(=O)c1ccc(C#N)c(NCc2ccccc2CO)c1. The van der Waals surface area contributed by atoms with Crippen molar-refractivity contribution < 1.29 is 9.90 Å². The zero-order valence-corrected chi connectivity index (χ0v) is 11.8. The molecule has 0 aliphatic carbocycles. The van der Waals surface area contributed by atoms with Gasteiger partial charge in [-0.1, -0.05) is 24.3 Å². The van der Waals surface area contributed by atoms with Gasteiger partial charge in [0, 0.05) is 12.1 Å². The van der Waals surface area contributed by atoms with Crippen LogP contribution in [0.15, 0.2) is 42.5 Å². The van der Waals surface area contributed by atoms with Gasteiger partial charge in [-0.2, -0.15) is 5.26 Å². The Balaban J connectivity index is 2.25. The van der Waals surface area contributed by atoms with E-state index in [2.05, 4.69) is 11.4 Å². The van der Waals surface area contributed by atoms with E-state index < -0.39 is 0 Å². The Morgan fingerprint density at radius 2 is 1.95 bits per heavy atom. The van der Waals surface area contributed by atoms with Gasteiger partial charge in [-0.05, 0) is 36.2 Å². The molecule has 0 saturated carbocycles. The molecule has 2 aromatic rings. The minimum Gasteiger partial charge on any atom is -0.392 e. The molecule has 2 rings (SSSR count). The number of aliphatic hydroxyl groups excluding tert-OH is 1. The van der Waals surface area contributed by atoms with Crippen LogP contribution in [0.4, 0.5) is 5.69 Å². The maximum absolute atomic E-state index is 11.4. The highest BCUT2D eigenvalue weighted by atomic mass is 16.3. The lowest BCUT2D eigenvalue weighted by Crippen LogP contribution is -2.05. The second kappa shape index (κ2) is 6.69. The van der Waals surface area contributed by atoms with Crippen LogP contribution in [-0.2, 0) is 13.2 Å². The summed E-state index contributed by atoms with van der Waals surface area (Å²) in [6.45, 7) is 1.94. The molecule has 4 nitrogen and oxygen atoms in total. The highest BCUT2D eigenvalue weighted by Crippen LogP contribution is 2.19. The second-order valence-corrected chi connectivity index (χ2v) is 4.71. The van der Waals surface area contributed by atoms with E-state index >= 15 is 0 Å². The Bertz CT molecular complexity index is 702. The fraction of sp³-hybridized carbons (Fsp3) is 0.176. The van der Waals surface area contributed by atoms with E-state index in [0.29, 0.717) is 23.4 Å². The lowest BCUT2D eigenvalue weighted by molar-refractivity contribution is 0.101. The lowest BCUT2D eigenvalue weighted by Gasteiger charge is -2.12. The number of aliphatic hydroxyl groups is 1. The monoisotopic (exact) mass is 280 g/mol. The summed E-state index contributed by atoms with van der Waals surface area (Å²) in [6, 6.07) is 14.6. The molecule has 0 heterocycles. The molecule has 0 radical (unpaired) electrons. The first-order valence-corrected chi connectivity index (χ1v) is 6.62. The average Bonchev–Trinajstić information content (AvgIpc) is 2.52. The lowest BCUT2D eigenvalue weighted by atomic mass is 10.1. The van der Waals surface area contributed by atoms with E-state index in [9.17, 15) is 9.90 Å². The van der Waals surface area contributed by atoms with Gasteiger partial charge < -0.3 is 10.4 Å². The van der Waals surface area contributed by atoms with E-state index in [1.165, 1.54) is 6.92 Å². The number of carbonyl (C=O) groups excluding carboxylic acids is 1. The Labute approximate surface area is 123 Å². The molecule has 2 aromatic carbocycles. The zero-order valence-electron chi connectivity index (χ0n) is 11.8. The highest BCUT2D eigenvalue weighted by Gasteiger charge is 2.07. The first-order chi connectivity index (χ1) is 10.2. The number of ketones is 1. The molecule has 0 unspecified atom stereocenters. The summed E-state index contributed by atoms with van der Waals surface area (Å²) in [6.07, 6.45) is 0. The maximum Gasteiger partial charge on any atom is 0.159 e. The topological polar surface area (TPSA) is 73.1 Å². The van der Waals surface area contributed by atoms with Crippen molar-refractivity contribution in [2.75, 3.05) is 5.32 Å². The number of nitrogens with zero attached hydrogens (tertiary/aromatic N) is 1. The third-order valence-electron chi connectivity index (χ3n) is 3.30.